The number of aromatic nitrogens is 2. The molecule has 0 unspecified atom stereocenters. The zero-order chi connectivity index (χ0) is 21.6. The molecule has 1 N–H and O–H groups in total. The first kappa shape index (κ1) is 24.2. The minimum Gasteiger partial charge on any atom is -0.493 e. The minimum absolute atomic E-state index is 0.244. The largest absolute Gasteiger partial charge is 0.493 e. The Morgan fingerprint density at radius 1 is 1.13 bits per heavy atom. The Bertz CT molecular complexity index is 809. The van der Waals surface area contributed by atoms with Crippen LogP contribution >= 0.6 is 23.1 Å². The van der Waals surface area contributed by atoms with Crippen molar-refractivity contribution < 1.29 is 14.3 Å². The van der Waals surface area contributed by atoms with Gasteiger partial charge in [-0.15, -0.1) is 10.2 Å². The van der Waals surface area contributed by atoms with E-state index in [0.29, 0.717) is 17.5 Å². The zero-order valence-electron chi connectivity index (χ0n) is 18.0. The van der Waals surface area contributed by atoms with E-state index in [9.17, 15) is 4.79 Å². The Balaban J connectivity index is 1.86. The van der Waals surface area contributed by atoms with Gasteiger partial charge in [-0.2, -0.15) is 0 Å². The molecular formula is C22H31N3O3S2. The van der Waals surface area contributed by atoms with Crippen LogP contribution in [0.2, 0.25) is 0 Å². The number of ether oxygens (including phenoxy) is 2. The first-order chi connectivity index (χ1) is 14.7. The molecule has 0 atom stereocenters. The highest BCUT2D eigenvalue weighted by Crippen LogP contribution is 2.29. The molecule has 1 aromatic heterocycles. The molecule has 0 saturated carbocycles. The molecule has 0 fully saturated rings. The monoisotopic (exact) mass is 449 g/mol. The van der Waals surface area contributed by atoms with Crippen LogP contribution in [0.1, 0.15) is 57.9 Å². The third kappa shape index (κ3) is 8.75. The molecule has 1 heterocycles. The van der Waals surface area contributed by atoms with Gasteiger partial charge >= 0.3 is 0 Å². The smallest absolute Gasteiger partial charge is 0.250 e. The van der Waals surface area contributed by atoms with Gasteiger partial charge in [-0.3, -0.25) is 10.1 Å². The summed E-state index contributed by atoms with van der Waals surface area (Å²) in [7, 11) is 1.62. The Hall–Kier alpha value is -2.06. The second kappa shape index (κ2) is 14.0. The Kier molecular flexibility index (Phi) is 11.3. The van der Waals surface area contributed by atoms with E-state index in [1.54, 1.807) is 24.9 Å². The number of nitrogens with zero attached hydrogens (tertiary/aromatic N) is 2. The molecular weight excluding hydrogens is 418 g/mol. The summed E-state index contributed by atoms with van der Waals surface area (Å²) in [6.45, 7) is 5.02. The molecule has 30 heavy (non-hydrogen) atoms. The van der Waals surface area contributed by atoms with Gasteiger partial charge in [0.15, 0.2) is 15.8 Å². The van der Waals surface area contributed by atoms with Gasteiger partial charge in [-0.25, -0.2) is 0 Å². The van der Waals surface area contributed by atoms with Crippen LogP contribution in [0.3, 0.4) is 0 Å². The SMILES string of the molecule is CCCCCCOc1ccc(/C=C/C(=O)Nc2nnc(SCCCC)s2)cc1OC. The number of carbonyl (C=O) groups is 1. The van der Waals surface area contributed by atoms with E-state index in [-0.39, 0.29) is 5.91 Å². The number of carbonyl (C=O) groups excluding carboxylic acids is 1. The van der Waals surface area contributed by atoms with Crippen molar-refractivity contribution in [2.75, 3.05) is 24.8 Å². The molecule has 0 spiro atoms. The maximum Gasteiger partial charge on any atom is 0.250 e. The van der Waals surface area contributed by atoms with Crippen molar-refractivity contribution in [1.29, 1.82) is 0 Å². The van der Waals surface area contributed by atoms with Crippen LogP contribution in [0.25, 0.3) is 6.08 Å². The van der Waals surface area contributed by atoms with Crippen molar-refractivity contribution in [2.24, 2.45) is 0 Å². The molecule has 0 aliphatic carbocycles. The Labute approximate surface area is 187 Å². The van der Waals surface area contributed by atoms with Gasteiger partial charge in [0.2, 0.25) is 11.0 Å². The number of unbranched alkanes of at least 4 members (excludes halogenated alkanes) is 4. The number of nitrogens with one attached hydrogen (secondary N) is 1. The second-order valence-electron chi connectivity index (χ2n) is 6.72. The Morgan fingerprint density at radius 3 is 2.73 bits per heavy atom. The number of methoxy groups -OCH3 is 1. The maximum atomic E-state index is 12.2. The lowest BCUT2D eigenvalue weighted by molar-refractivity contribution is -0.111. The van der Waals surface area contributed by atoms with Crippen LogP contribution in [-0.2, 0) is 4.79 Å². The van der Waals surface area contributed by atoms with Crippen molar-refractivity contribution >= 4 is 40.2 Å². The van der Waals surface area contributed by atoms with E-state index < -0.39 is 0 Å². The number of thioether (sulfide) groups is 1. The predicted octanol–water partition coefficient (Wildman–Crippen LogP) is 6.05. The minimum atomic E-state index is -0.244. The summed E-state index contributed by atoms with van der Waals surface area (Å²) in [6, 6.07) is 5.64. The van der Waals surface area contributed by atoms with Crippen molar-refractivity contribution in [3.8, 4) is 11.5 Å². The average Bonchev–Trinajstić information content (AvgIpc) is 3.19. The van der Waals surface area contributed by atoms with E-state index in [0.717, 1.165) is 40.7 Å². The highest BCUT2D eigenvalue weighted by Gasteiger charge is 2.08. The quantitative estimate of drug-likeness (QED) is 0.164. The van der Waals surface area contributed by atoms with Crippen LogP contribution in [0, 0.1) is 0 Å². The van der Waals surface area contributed by atoms with Crippen LogP contribution < -0.4 is 14.8 Å². The van der Waals surface area contributed by atoms with Crippen molar-refractivity contribution in [3.63, 3.8) is 0 Å². The number of hydrogen-bond acceptors (Lipinski definition) is 7. The molecule has 2 aromatic rings. The molecule has 0 aliphatic heterocycles. The van der Waals surface area contributed by atoms with E-state index >= 15 is 0 Å². The van der Waals surface area contributed by atoms with Gasteiger partial charge < -0.3 is 9.47 Å². The van der Waals surface area contributed by atoms with Crippen molar-refractivity contribution in [2.45, 2.75) is 56.7 Å². The third-order valence-corrected chi connectivity index (χ3v) is 6.29. The molecule has 0 saturated heterocycles. The topological polar surface area (TPSA) is 73.3 Å². The van der Waals surface area contributed by atoms with Crippen molar-refractivity contribution in [1.82, 2.24) is 10.2 Å². The van der Waals surface area contributed by atoms with E-state index in [1.165, 1.54) is 36.7 Å². The molecule has 2 rings (SSSR count). The van der Waals surface area contributed by atoms with E-state index in [1.807, 2.05) is 18.2 Å². The number of anilines is 1. The molecule has 6 nitrogen and oxygen atoms in total. The van der Waals surface area contributed by atoms with E-state index in [2.05, 4.69) is 29.4 Å². The number of amides is 1. The number of hydrogen-bond donors (Lipinski definition) is 1. The van der Waals surface area contributed by atoms with Gasteiger partial charge in [0, 0.05) is 11.8 Å². The number of benzene rings is 1. The van der Waals surface area contributed by atoms with Gasteiger partial charge in [0.05, 0.1) is 13.7 Å². The molecule has 0 bridgehead atoms. The van der Waals surface area contributed by atoms with Gasteiger partial charge in [0.1, 0.15) is 0 Å². The van der Waals surface area contributed by atoms with E-state index in [4.69, 9.17) is 9.47 Å². The maximum absolute atomic E-state index is 12.2. The van der Waals surface area contributed by atoms with Crippen LogP contribution in [-0.4, -0.2) is 35.6 Å². The van der Waals surface area contributed by atoms with Gasteiger partial charge in [0.25, 0.3) is 0 Å². The first-order valence-corrected chi connectivity index (χ1v) is 12.2. The van der Waals surface area contributed by atoms with Gasteiger partial charge in [-0.05, 0) is 36.6 Å². The standard InChI is InChI=1S/C22H31N3O3S2/c1-4-6-8-9-14-28-18-12-10-17(16-19(18)27-3)11-13-20(26)23-21-24-25-22(30-21)29-15-7-5-2/h10-13,16H,4-9,14-15H2,1-3H3,(H,23,24,26)/b13-11+. The zero-order valence-corrected chi connectivity index (χ0v) is 19.6. The summed E-state index contributed by atoms with van der Waals surface area (Å²) in [5.74, 6) is 2.15. The average molecular weight is 450 g/mol. The normalized spacial score (nSPS) is 11.0. The molecule has 0 aliphatic rings. The fourth-order valence-electron chi connectivity index (χ4n) is 2.56. The van der Waals surface area contributed by atoms with Crippen LogP contribution in [0.15, 0.2) is 28.6 Å². The predicted molar refractivity (Wildman–Crippen MR) is 126 cm³/mol. The molecule has 164 valence electrons. The molecule has 8 heteroatoms. The Morgan fingerprint density at radius 2 is 1.97 bits per heavy atom. The van der Waals surface area contributed by atoms with Crippen LogP contribution in [0.4, 0.5) is 5.13 Å². The summed E-state index contributed by atoms with van der Waals surface area (Å²) in [4.78, 5) is 12.2. The highest BCUT2D eigenvalue weighted by molar-refractivity contribution is 8.01. The van der Waals surface area contributed by atoms with Crippen LogP contribution in [0.5, 0.6) is 11.5 Å². The summed E-state index contributed by atoms with van der Waals surface area (Å²) < 4.78 is 12.1. The van der Waals surface area contributed by atoms with Gasteiger partial charge in [-0.1, -0.05) is 68.7 Å². The summed E-state index contributed by atoms with van der Waals surface area (Å²) in [5.41, 5.74) is 0.855. The molecule has 1 amide bonds. The highest BCUT2D eigenvalue weighted by atomic mass is 32.2. The lowest BCUT2D eigenvalue weighted by Crippen LogP contribution is -2.07. The van der Waals surface area contributed by atoms with Crippen molar-refractivity contribution in [3.05, 3.63) is 29.8 Å². The summed E-state index contributed by atoms with van der Waals surface area (Å²) in [6.07, 6.45) is 10.1. The lowest BCUT2D eigenvalue weighted by atomic mass is 10.2. The number of rotatable bonds is 14. The molecule has 1 aromatic carbocycles. The molecule has 0 radical (unpaired) electrons. The fourth-order valence-corrected chi connectivity index (χ4v) is 4.47. The summed E-state index contributed by atoms with van der Waals surface area (Å²) in [5, 5.41) is 11.4. The summed E-state index contributed by atoms with van der Waals surface area (Å²) >= 11 is 3.06. The second-order valence-corrected chi connectivity index (χ2v) is 9.04. The fraction of sp³-hybridized carbons (Fsp3) is 0.500. The lowest BCUT2D eigenvalue weighted by Gasteiger charge is -2.11. The third-order valence-electron chi connectivity index (χ3n) is 4.23. The first-order valence-electron chi connectivity index (χ1n) is 10.4.